The lowest BCUT2D eigenvalue weighted by Crippen LogP contribution is -2.53. The van der Waals surface area contributed by atoms with Gasteiger partial charge in [0, 0.05) is 32.2 Å². The first-order chi connectivity index (χ1) is 15.2. The van der Waals surface area contributed by atoms with Gasteiger partial charge in [-0.15, -0.1) is 0 Å². The van der Waals surface area contributed by atoms with Crippen LogP contribution in [0.3, 0.4) is 0 Å². The second-order valence-electron chi connectivity index (χ2n) is 8.12. The van der Waals surface area contributed by atoms with Crippen molar-refractivity contribution in [3.05, 3.63) is 34.4 Å². The number of nitrogens with one attached hydrogen (secondary N) is 1. The monoisotopic (exact) mass is 465 g/mol. The summed E-state index contributed by atoms with van der Waals surface area (Å²) in [6.45, 7) is -0.404. The number of para-hydroxylation sites is 1. The summed E-state index contributed by atoms with van der Waals surface area (Å²) in [7, 11) is -4.12. The van der Waals surface area contributed by atoms with Crippen molar-refractivity contribution in [1.82, 2.24) is 19.4 Å². The number of imide groups is 1. The molecule has 4 amide bonds. The van der Waals surface area contributed by atoms with Crippen molar-refractivity contribution in [2.75, 3.05) is 32.7 Å². The molecule has 3 aliphatic rings. The van der Waals surface area contributed by atoms with Gasteiger partial charge in [0.1, 0.15) is 12.1 Å². The molecule has 1 aromatic carbocycles. The number of amides is 4. The van der Waals surface area contributed by atoms with Gasteiger partial charge in [-0.25, -0.2) is 13.2 Å². The molecule has 1 spiro atoms. The lowest BCUT2D eigenvalue weighted by Gasteiger charge is -2.34. The normalized spacial score (nSPS) is 21.2. The predicted molar refractivity (Wildman–Crippen MR) is 110 cm³/mol. The van der Waals surface area contributed by atoms with Crippen molar-refractivity contribution >= 4 is 33.6 Å². The van der Waals surface area contributed by atoms with Crippen LogP contribution in [0, 0.1) is 10.1 Å². The number of hydrogen-bond donors (Lipinski definition) is 1. The largest absolute Gasteiger partial charge is 0.338 e. The van der Waals surface area contributed by atoms with Gasteiger partial charge in [0.25, 0.3) is 11.6 Å². The van der Waals surface area contributed by atoms with E-state index >= 15 is 0 Å². The van der Waals surface area contributed by atoms with E-state index in [9.17, 15) is 32.9 Å². The minimum atomic E-state index is -4.12. The molecule has 0 bridgehead atoms. The summed E-state index contributed by atoms with van der Waals surface area (Å²) < 4.78 is 26.9. The second-order valence-corrected chi connectivity index (χ2v) is 10.0. The van der Waals surface area contributed by atoms with E-state index in [4.69, 9.17) is 0 Å². The second kappa shape index (κ2) is 8.13. The Labute approximate surface area is 184 Å². The Bertz CT molecular complexity index is 1080. The van der Waals surface area contributed by atoms with Crippen LogP contribution < -0.4 is 5.32 Å². The van der Waals surface area contributed by atoms with Crippen LogP contribution in [0.4, 0.5) is 10.5 Å². The molecule has 0 unspecified atom stereocenters. The molecule has 0 radical (unpaired) electrons. The van der Waals surface area contributed by atoms with Crippen LogP contribution >= 0.6 is 0 Å². The summed E-state index contributed by atoms with van der Waals surface area (Å²) in [6.07, 6.45) is 2.79. The summed E-state index contributed by atoms with van der Waals surface area (Å²) in [6, 6.07) is 4.53. The summed E-state index contributed by atoms with van der Waals surface area (Å²) in [5.74, 6) is -0.836. The van der Waals surface area contributed by atoms with Crippen molar-refractivity contribution in [2.45, 2.75) is 36.1 Å². The van der Waals surface area contributed by atoms with Gasteiger partial charge >= 0.3 is 6.03 Å². The Morgan fingerprint density at radius 3 is 2.34 bits per heavy atom. The van der Waals surface area contributed by atoms with E-state index in [2.05, 4.69) is 5.32 Å². The molecule has 2 heterocycles. The minimum absolute atomic E-state index is 0.0491. The van der Waals surface area contributed by atoms with E-state index in [1.54, 1.807) is 0 Å². The number of urea groups is 1. The highest BCUT2D eigenvalue weighted by atomic mass is 32.2. The molecule has 2 saturated heterocycles. The maximum atomic E-state index is 12.9. The number of nitro groups is 1. The fourth-order valence-electron chi connectivity index (χ4n) is 4.52. The molecular formula is C19H23N5O7S. The molecule has 1 saturated carbocycles. The van der Waals surface area contributed by atoms with Crippen LogP contribution in [-0.2, 0) is 19.6 Å². The highest BCUT2D eigenvalue weighted by Gasteiger charge is 2.53. The highest BCUT2D eigenvalue weighted by Crippen LogP contribution is 2.35. The average molecular weight is 465 g/mol. The third-order valence-corrected chi connectivity index (χ3v) is 8.21. The maximum absolute atomic E-state index is 12.9. The van der Waals surface area contributed by atoms with Gasteiger partial charge in [0.2, 0.25) is 15.9 Å². The van der Waals surface area contributed by atoms with Crippen LogP contribution in [0.5, 0.6) is 0 Å². The van der Waals surface area contributed by atoms with Crippen molar-refractivity contribution in [3.63, 3.8) is 0 Å². The first-order valence-corrected chi connectivity index (χ1v) is 11.8. The highest BCUT2D eigenvalue weighted by molar-refractivity contribution is 7.89. The van der Waals surface area contributed by atoms with Crippen molar-refractivity contribution in [2.24, 2.45) is 0 Å². The van der Waals surface area contributed by atoms with Crippen LogP contribution in [0.1, 0.15) is 25.7 Å². The average Bonchev–Trinajstić information content (AvgIpc) is 3.34. The molecule has 13 heteroatoms. The molecule has 2 aliphatic heterocycles. The van der Waals surface area contributed by atoms with E-state index in [1.165, 1.54) is 23.1 Å². The number of hydrogen-bond acceptors (Lipinski definition) is 7. The number of sulfonamides is 1. The molecule has 0 aromatic heterocycles. The van der Waals surface area contributed by atoms with E-state index in [-0.39, 0.29) is 32.1 Å². The zero-order valence-electron chi connectivity index (χ0n) is 17.2. The molecule has 3 fully saturated rings. The lowest BCUT2D eigenvalue weighted by atomic mass is 9.98. The molecule has 32 heavy (non-hydrogen) atoms. The number of nitro benzene ring substituents is 1. The van der Waals surface area contributed by atoms with Gasteiger partial charge in [-0.1, -0.05) is 25.0 Å². The quantitative estimate of drug-likeness (QED) is 0.373. The number of rotatable bonds is 5. The van der Waals surface area contributed by atoms with E-state index in [1.807, 2.05) is 0 Å². The van der Waals surface area contributed by atoms with Crippen LogP contribution in [-0.4, -0.2) is 83.6 Å². The lowest BCUT2D eigenvalue weighted by molar-refractivity contribution is -0.387. The summed E-state index contributed by atoms with van der Waals surface area (Å²) in [5, 5.41) is 13.9. The zero-order valence-corrected chi connectivity index (χ0v) is 18.0. The molecule has 12 nitrogen and oxygen atoms in total. The number of benzene rings is 1. The SMILES string of the molecule is O=C(CN1C(=O)NC2(CCCC2)C1=O)N1CCN(S(=O)(=O)c2ccccc2[N+](=O)[O-])CC1. The molecule has 0 atom stereocenters. The van der Waals surface area contributed by atoms with E-state index in [0.717, 1.165) is 28.1 Å². The predicted octanol–water partition coefficient (Wildman–Crippen LogP) is 0.292. The van der Waals surface area contributed by atoms with Gasteiger partial charge in [0.05, 0.1) is 4.92 Å². The fourth-order valence-corrected chi connectivity index (χ4v) is 6.10. The van der Waals surface area contributed by atoms with Crippen LogP contribution in [0.25, 0.3) is 0 Å². The summed E-state index contributed by atoms with van der Waals surface area (Å²) in [4.78, 5) is 50.1. The topological polar surface area (TPSA) is 150 Å². The Kier molecular flexibility index (Phi) is 5.63. The standard InChI is InChI=1S/C19H23N5O7S/c25-16(13-23-17(26)19(20-18(23)27)7-3-4-8-19)21-9-11-22(12-10-21)32(30,31)15-6-2-1-5-14(15)24(28)29/h1-2,5-6H,3-4,7-13H2,(H,20,27). The number of nitrogens with zero attached hydrogens (tertiary/aromatic N) is 4. The van der Waals surface area contributed by atoms with Gasteiger partial charge in [-0.3, -0.25) is 24.6 Å². The Hall–Kier alpha value is -3.06. The molecule has 172 valence electrons. The van der Waals surface area contributed by atoms with Crippen LogP contribution in [0.15, 0.2) is 29.2 Å². The Morgan fingerprint density at radius 2 is 1.72 bits per heavy atom. The molecule has 1 aliphatic carbocycles. The first kappa shape index (κ1) is 22.1. The number of carbonyl (C=O) groups is 3. The Balaban J connectivity index is 1.40. The molecule has 1 aromatic rings. The minimum Gasteiger partial charge on any atom is -0.338 e. The molecule has 1 N–H and O–H groups in total. The van der Waals surface area contributed by atoms with Crippen LogP contribution in [0.2, 0.25) is 0 Å². The summed E-state index contributed by atoms with van der Waals surface area (Å²) in [5.41, 5.74) is -1.40. The number of carbonyl (C=O) groups excluding carboxylic acids is 3. The van der Waals surface area contributed by atoms with Crippen molar-refractivity contribution < 1.29 is 27.7 Å². The van der Waals surface area contributed by atoms with Gasteiger partial charge in [-0.2, -0.15) is 4.31 Å². The van der Waals surface area contributed by atoms with E-state index < -0.39 is 49.6 Å². The van der Waals surface area contributed by atoms with E-state index in [0.29, 0.717) is 12.8 Å². The summed E-state index contributed by atoms with van der Waals surface area (Å²) >= 11 is 0. The van der Waals surface area contributed by atoms with Gasteiger partial charge < -0.3 is 10.2 Å². The number of piperazine rings is 1. The Morgan fingerprint density at radius 1 is 1.09 bits per heavy atom. The van der Waals surface area contributed by atoms with Gasteiger partial charge in [0.15, 0.2) is 4.90 Å². The fraction of sp³-hybridized carbons (Fsp3) is 0.526. The molecule has 4 rings (SSSR count). The zero-order chi connectivity index (χ0) is 23.1. The smallest absolute Gasteiger partial charge is 0.325 e. The van der Waals surface area contributed by atoms with Crippen molar-refractivity contribution in [1.29, 1.82) is 0 Å². The maximum Gasteiger partial charge on any atom is 0.325 e. The molecular weight excluding hydrogens is 442 g/mol. The van der Waals surface area contributed by atoms with Crippen molar-refractivity contribution in [3.8, 4) is 0 Å². The first-order valence-electron chi connectivity index (χ1n) is 10.3. The van der Waals surface area contributed by atoms with Gasteiger partial charge in [-0.05, 0) is 18.9 Å². The third kappa shape index (κ3) is 3.71. The third-order valence-electron chi connectivity index (χ3n) is 6.27.